The van der Waals surface area contributed by atoms with Crippen molar-refractivity contribution in [2.24, 2.45) is 5.73 Å². The molecule has 17 heavy (non-hydrogen) atoms. The van der Waals surface area contributed by atoms with Crippen molar-refractivity contribution in [3.8, 4) is 0 Å². The van der Waals surface area contributed by atoms with Crippen molar-refractivity contribution in [3.63, 3.8) is 0 Å². The Balaban J connectivity index is 0.00000121. The molecule has 2 atom stereocenters. The van der Waals surface area contributed by atoms with Gasteiger partial charge in [0.15, 0.2) is 0 Å². The molecule has 0 aliphatic rings. The number of ketones is 1. The van der Waals surface area contributed by atoms with Gasteiger partial charge in [0.2, 0.25) is 0 Å². The van der Waals surface area contributed by atoms with Crippen LogP contribution in [0.2, 0.25) is 5.02 Å². The standard InChI is InChI=1S/C12H16ClNO.C2H6/c1-8(14)7-12(9(2)15)10-3-5-11(13)6-4-10;1-2/h3-6,8,12H,7,14H2,1-2H3;1-2H3. The number of carbonyl (C=O) groups is 1. The van der Waals surface area contributed by atoms with E-state index in [9.17, 15) is 4.79 Å². The second-order valence-electron chi connectivity index (χ2n) is 3.93. The highest BCUT2D eigenvalue weighted by atomic mass is 35.5. The fraction of sp³-hybridized carbons (Fsp3) is 0.500. The molecule has 0 saturated heterocycles. The summed E-state index contributed by atoms with van der Waals surface area (Å²) in [5, 5.41) is 0.682. The van der Waals surface area contributed by atoms with Crippen molar-refractivity contribution in [3.05, 3.63) is 34.9 Å². The molecule has 0 aliphatic heterocycles. The number of hydrogen-bond donors (Lipinski definition) is 1. The van der Waals surface area contributed by atoms with E-state index in [4.69, 9.17) is 17.3 Å². The van der Waals surface area contributed by atoms with Gasteiger partial charge >= 0.3 is 0 Å². The molecule has 2 unspecified atom stereocenters. The normalized spacial score (nSPS) is 13.3. The summed E-state index contributed by atoms with van der Waals surface area (Å²) in [5.74, 6) is 0.0388. The van der Waals surface area contributed by atoms with E-state index < -0.39 is 0 Å². The molecule has 96 valence electrons. The lowest BCUT2D eigenvalue weighted by molar-refractivity contribution is -0.118. The van der Waals surface area contributed by atoms with Crippen molar-refractivity contribution < 1.29 is 4.79 Å². The SMILES string of the molecule is CC.CC(=O)C(CC(C)N)c1ccc(Cl)cc1. The van der Waals surface area contributed by atoms with Gasteiger partial charge in [-0.25, -0.2) is 0 Å². The van der Waals surface area contributed by atoms with Gasteiger partial charge in [-0.2, -0.15) is 0 Å². The molecule has 1 rings (SSSR count). The molecule has 2 nitrogen and oxygen atoms in total. The average Bonchev–Trinajstić information content (AvgIpc) is 2.29. The van der Waals surface area contributed by atoms with Crippen molar-refractivity contribution in [1.82, 2.24) is 0 Å². The molecule has 0 bridgehead atoms. The van der Waals surface area contributed by atoms with E-state index in [0.717, 1.165) is 5.56 Å². The number of halogens is 1. The molecular weight excluding hydrogens is 234 g/mol. The van der Waals surface area contributed by atoms with Crippen LogP contribution in [0.1, 0.15) is 45.6 Å². The largest absolute Gasteiger partial charge is 0.328 e. The predicted molar refractivity (Wildman–Crippen MR) is 74.5 cm³/mol. The highest BCUT2D eigenvalue weighted by Crippen LogP contribution is 2.23. The van der Waals surface area contributed by atoms with Crippen LogP contribution in [0.3, 0.4) is 0 Å². The first-order chi connectivity index (χ1) is 8.00. The summed E-state index contributed by atoms with van der Waals surface area (Å²) >= 11 is 5.79. The summed E-state index contributed by atoms with van der Waals surface area (Å²) in [7, 11) is 0. The van der Waals surface area contributed by atoms with Crippen LogP contribution in [-0.4, -0.2) is 11.8 Å². The molecule has 1 aromatic rings. The van der Waals surface area contributed by atoms with Gasteiger partial charge in [0.25, 0.3) is 0 Å². The second-order valence-corrected chi connectivity index (χ2v) is 4.36. The smallest absolute Gasteiger partial charge is 0.137 e. The quantitative estimate of drug-likeness (QED) is 0.890. The number of benzene rings is 1. The summed E-state index contributed by atoms with van der Waals surface area (Å²) in [6.45, 7) is 7.51. The first-order valence-electron chi connectivity index (χ1n) is 6.02. The maximum absolute atomic E-state index is 11.5. The molecule has 0 saturated carbocycles. The van der Waals surface area contributed by atoms with Gasteiger partial charge < -0.3 is 5.73 Å². The Bertz CT molecular complexity index is 333. The summed E-state index contributed by atoms with van der Waals surface area (Å²) in [5.41, 5.74) is 6.71. The van der Waals surface area contributed by atoms with E-state index in [1.807, 2.05) is 32.9 Å². The molecule has 0 aromatic heterocycles. The van der Waals surface area contributed by atoms with Crippen LogP contribution < -0.4 is 5.73 Å². The fourth-order valence-corrected chi connectivity index (χ4v) is 1.73. The molecule has 0 aliphatic carbocycles. The van der Waals surface area contributed by atoms with Gasteiger partial charge in [0, 0.05) is 17.0 Å². The maximum atomic E-state index is 11.5. The number of nitrogens with two attached hydrogens (primary N) is 1. The zero-order valence-corrected chi connectivity index (χ0v) is 11.8. The van der Waals surface area contributed by atoms with Crippen molar-refractivity contribution in [1.29, 1.82) is 0 Å². The minimum absolute atomic E-state index is 0.0228. The Morgan fingerprint density at radius 3 is 2.12 bits per heavy atom. The van der Waals surface area contributed by atoms with Crippen LogP contribution in [0.5, 0.6) is 0 Å². The summed E-state index contributed by atoms with van der Waals surface area (Å²) < 4.78 is 0. The highest BCUT2D eigenvalue weighted by Gasteiger charge is 2.17. The Labute approximate surface area is 109 Å². The highest BCUT2D eigenvalue weighted by molar-refractivity contribution is 6.30. The second kappa shape index (κ2) is 8.26. The molecule has 2 N–H and O–H groups in total. The van der Waals surface area contributed by atoms with Gasteiger partial charge in [-0.05, 0) is 38.0 Å². The predicted octanol–water partition coefficient (Wildman–Crippen LogP) is 3.78. The number of rotatable bonds is 4. The lowest BCUT2D eigenvalue weighted by Crippen LogP contribution is -2.22. The van der Waals surface area contributed by atoms with Crippen LogP contribution in [-0.2, 0) is 4.79 Å². The minimum atomic E-state index is -0.109. The molecule has 0 fully saturated rings. The number of hydrogen-bond acceptors (Lipinski definition) is 2. The van der Waals surface area contributed by atoms with E-state index in [1.54, 1.807) is 19.1 Å². The Hall–Kier alpha value is -0.860. The summed E-state index contributed by atoms with van der Waals surface area (Å²) in [6.07, 6.45) is 0.678. The maximum Gasteiger partial charge on any atom is 0.137 e. The van der Waals surface area contributed by atoms with Crippen LogP contribution in [0.4, 0.5) is 0 Å². The first kappa shape index (κ1) is 16.1. The van der Waals surface area contributed by atoms with Gasteiger partial charge in [-0.3, -0.25) is 4.79 Å². The Morgan fingerprint density at radius 2 is 1.76 bits per heavy atom. The minimum Gasteiger partial charge on any atom is -0.328 e. The molecule has 3 heteroatoms. The Morgan fingerprint density at radius 1 is 1.29 bits per heavy atom. The monoisotopic (exact) mass is 255 g/mol. The molecule has 0 heterocycles. The lowest BCUT2D eigenvalue weighted by atomic mass is 9.90. The van der Waals surface area contributed by atoms with E-state index >= 15 is 0 Å². The van der Waals surface area contributed by atoms with Crippen LogP contribution in [0.25, 0.3) is 0 Å². The third-order valence-corrected chi connectivity index (χ3v) is 2.62. The van der Waals surface area contributed by atoms with Gasteiger partial charge in [-0.1, -0.05) is 37.6 Å². The zero-order valence-electron chi connectivity index (χ0n) is 11.0. The molecule has 0 amide bonds. The van der Waals surface area contributed by atoms with Gasteiger partial charge in [0.05, 0.1) is 0 Å². The summed E-state index contributed by atoms with van der Waals surface area (Å²) in [4.78, 5) is 11.5. The van der Waals surface area contributed by atoms with Crippen LogP contribution in [0.15, 0.2) is 24.3 Å². The third-order valence-electron chi connectivity index (χ3n) is 2.37. The molecule has 0 spiro atoms. The molecule has 0 radical (unpaired) electrons. The van der Waals surface area contributed by atoms with E-state index in [0.29, 0.717) is 11.4 Å². The Kier molecular flexibility index (Phi) is 7.85. The van der Waals surface area contributed by atoms with Crippen LogP contribution >= 0.6 is 11.6 Å². The van der Waals surface area contributed by atoms with Crippen LogP contribution in [0, 0.1) is 0 Å². The fourth-order valence-electron chi connectivity index (χ4n) is 1.60. The first-order valence-corrected chi connectivity index (χ1v) is 6.40. The molecular formula is C14H22ClNO. The van der Waals surface area contributed by atoms with Crippen molar-refractivity contribution in [2.45, 2.75) is 46.1 Å². The van der Waals surface area contributed by atoms with Crippen molar-refractivity contribution >= 4 is 17.4 Å². The third kappa shape index (κ3) is 5.85. The van der Waals surface area contributed by atoms with Gasteiger partial charge in [0.1, 0.15) is 5.78 Å². The number of Topliss-reactive ketones (excluding diaryl/α,β-unsaturated/α-hetero) is 1. The lowest BCUT2D eigenvalue weighted by Gasteiger charge is -2.16. The topological polar surface area (TPSA) is 43.1 Å². The van der Waals surface area contributed by atoms with Crippen molar-refractivity contribution in [2.75, 3.05) is 0 Å². The van der Waals surface area contributed by atoms with E-state index in [2.05, 4.69) is 0 Å². The van der Waals surface area contributed by atoms with E-state index in [-0.39, 0.29) is 17.7 Å². The van der Waals surface area contributed by atoms with E-state index in [1.165, 1.54) is 0 Å². The zero-order chi connectivity index (χ0) is 13.4. The van der Waals surface area contributed by atoms with Gasteiger partial charge in [-0.15, -0.1) is 0 Å². The average molecular weight is 256 g/mol. The summed E-state index contributed by atoms with van der Waals surface area (Å²) in [6, 6.07) is 7.39. The number of carbonyl (C=O) groups excluding carboxylic acids is 1. The molecule has 1 aromatic carbocycles.